The highest BCUT2D eigenvalue weighted by Crippen LogP contribution is 2.32. The van der Waals surface area contributed by atoms with Gasteiger partial charge in [-0.15, -0.1) is 0 Å². The molecule has 3 aromatic rings. The van der Waals surface area contributed by atoms with Gasteiger partial charge in [-0.3, -0.25) is 4.79 Å². The Labute approximate surface area is 151 Å². The third-order valence-corrected chi connectivity index (χ3v) is 4.38. The molecular weight excluding hydrogens is 330 g/mol. The molecule has 1 atom stereocenters. The summed E-state index contributed by atoms with van der Waals surface area (Å²) in [4.78, 5) is 16.1. The molecule has 1 aromatic heterocycles. The third kappa shape index (κ3) is 3.32. The number of aromatic nitrogens is 1. The number of rotatable bonds is 5. The fourth-order valence-electron chi connectivity index (χ4n) is 3.04. The van der Waals surface area contributed by atoms with E-state index in [1.165, 1.54) is 0 Å². The molecule has 1 saturated heterocycles. The number of carbonyl (C=O) groups excluding carboxylic acids is 1. The summed E-state index contributed by atoms with van der Waals surface area (Å²) < 4.78 is 11.7. The Morgan fingerprint density at radius 3 is 2.50 bits per heavy atom. The van der Waals surface area contributed by atoms with Crippen LogP contribution in [0, 0.1) is 0 Å². The van der Waals surface area contributed by atoms with Gasteiger partial charge in [0.25, 0.3) is 5.91 Å². The highest BCUT2D eigenvalue weighted by molar-refractivity contribution is 5.96. The molecule has 1 fully saturated rings. The molecule has 4 rings (SSSR count). The molecule has 6 nitrogen and oxygen atoms in total. The number of para-hydroxylation sites is 1. The minimum absolute atomic E-state index is 0.169. The lowest BCUT2D eigenvalue weighted by atomic mass is 10.1. The molecule has 1 aliphatic rings. The van der Waals surface area contributed by atoms with Crippen LogP contribution in [-0.2, 0) is 0 Å². The van der Waals surface area contributed by atoms with E-state index in [0.29, 0.717) is 17.4 Å². The zero-order valence-electron chi connectivity index (χ0n) is 14.1. The summed E-state index contributed by atoms with van der Waals surface area (Å²) in [5.74, 6) is 2.00. The Morgan fingerprint density at radius 2 is 1.85 bits per heavy atom. The van der Waals surface area contributed by atoms with Crippen LogP contribution in [0.3, 0.4) is 0 Å². The van der Waals surface area contributed by atoms with E-state index < -0.39 is 5.91 Å². The fraction of sp³-hybridized carbons (Fsp3) is 0.200. The summed E-state index contributed by atoms with van der Waals surface area (Å²) in [5.41, 5.74) is 6.40. The van der Waals surface area contributed by atoms with Crippen molar-refractivity contribution in [3.05, 3.63) is 66.2 Å². The van der Waals surface area contributed by atoms with Crippen molar-refractivity contribution in [2.75, 3.05) is 13.1 Å². The lowest BCUT2D eigenvalue weighted by Gasteiger charge is -2.06. The summed E-state index contributed by atoms with van der Waals surface area (Å²) in [6.45, 7) is 1.71. The first-order valence-electron chi connectivity index (χ1n) is 8.55. The Morgan fingerprint density at radius 1 is 1.12 bits per heavy atom. The summed E-state index contributed by atoms with van der Waals surface area (Å²) in [6.07, 6.45) is 0.933. The number of amides is 1. The van der Waals surface area contributed by atoms with Crippen molar-refractivity contribution >= 4 is 5.91 Å². The van der Waals surface area contributed by atoms with Crippen LogP contribution in [0.15, 0.2) is 59.0 Å². The second kappa shape index (κ2) is 7.01. The number of nitrogens with one attached hydrogen (secondary N) is 1. The number of nitrogens with two attached hydrogens (primary N) is 1. The summed E-state index contributed by atoms with van der Waals surface area (Å²) >= 11 is 0. The fourth-order valence-corrected chi connectivity index (χ4v) is 3.04. The van der Waals surface area contributed by atoms with Gasteiger partial charge in [0.15, 0.2) is 17.3 Å². The molecule has 26 heavy (non-hydrogen) atoms. The van der Waals surface area contributed by atoms with Crippen LogP contribution < -0.4 is 15.8 Å². The van der Waals surface area contributed by atoms with Gasteiger partial charge in [0.1, 0.15) is 11.5 Å². The molecule has 132 valence electrons. The summed E-state index contributed by atoms with van der Waals surface area (Å²) in [5, 5.41) is 3.27. The van der Waals surface area contributed by atoms with Crippen LogP contribution in [-0.4, -0.2) is 24.0 Å². The Hall–Kier alpha value is -3.12. The molecule has 0 radical (unpaired) electrons. The standard InChI is InChI=1S/C20H19N3O3/c21-19(24)17-18(26-20(23-17)14-10-11-22-12-14)13-6-8-16(9-7-13)25-15-4-2-1-3-5-15/h1-9,14,22H,10-12H2,(H2,21,24). The lowest BCUT2D eigenvalue weighted by Crippen LogP contribution is -2.13. The SMILES string of the molecule is NC(=O)c1nc(C2CCNC2)oc1-c1ccc(Oc2ccccc2)cc1. The smallest absolute Gasteiger partial charge is 0.271 e. The Balaban J connectivity index is 1.61. The zero-order valence-corrected chi connectivity index (χ0v) is 14.1. The van der Waals surface area contributed by atoms with Crippen LogP contribution in [0.5, 0.6) is 11.5 Å². The van der Waals surface area contributed by atoms with Gasteiger partial charge < -0.3 is 20.2 Å². The highest BCUT2D eigenvalue weighted by atomic mass is 16.5. The molecule has 1 amide bonds. The van der Waals surface area contributed by atoms with Crippen LogP contribution in [0.4, 0.5) is 0 Å². The Kier molecular flexibility index (Phi) is 4.41. The number of nitrogens with zero attached hydrogens (tertiary/aromatic N) is 1. The average molecular weight is 349 g/mol. The number of primary amides is 1. The van der Waals surface area contributed by atoms with E-state index in [4.69, 9.17) is 14.9 Å². The van der Waals surface area contributed by atoms with E-state index in [1.807, 2.05) is 54.6 Å². The van der Waals surface area contributed by atoms with Crippen molar-refractivity contribution in [3.8, 4) is 22.8 Å². The minimum Gasteiger partial charge on any atom is -0.457 e. The average Bonchev–Trinajstić information content (AvgIpc) is 3.33. The molecule has 0 aliphatic carbocycles. The summed E-state index contributed by atoms with van der Waals surface area (Å²) in [7, 11) is 0. The van der Waals surface area contributed by atoms with Gasteiger partial charge in [-0.25, -0.2) is 4.98 Å². The van der Waals surface area contributed by atoms with Crippen molar-refractivity contribution in [3.63, 3.8) is 0 Å². The van der Waals surface area contributed by atoms with Gasteiger partial charge in [0.2, 0.25) is 0 Å². The zero-order chi connectivity index (χ0) is 17.9. The van der Waals surface area contributed by atoms with Crippen molar-refractivity contribution in [2.45, 2.75) is 12.3 Å². The van der Waals surface area contributed by atoms with Crippen molar-refractivity contribution in [2.24, 2.45) is 5.73 Å². The molecule has 0 saturated carbocycles. The van der Waals surface area contributed by atoms with Crippen molar-refractivity contribution < 1.29 is 13.9 Å². The van der Waals surface area contributed by atoms with E-state index in [2.05, 4.69) is 10.3 Å². The molecule has 6 heteroatoms. The van der Waals surface area contributed by atoms with E-state index >= 15 is 0 Å². The Bertz CT molecular complexity index is 898. The van der Waals surface area contributed by atoms with E-state index in [-0.39, 0.29) is 11.6 Å². The first-order chi connectivity index (χ1) is 12.7. The molecule has 1 aliphatic heterocycles. The van der Waals surface area contributed by atoms with Crippen LogP contribution >= 0.6 is 0 Å². The molecule has 0 spiro atoms. The minimum atomic E-state index is -0.592. The topological polar surface area (TPSA) is 90.4 Å². The first-order valence-corrected chi connectivity index (χ1v) is 8.55. The number of ether oxygens (including phenoxy) is 1. The maximum atomic E-state index is 11.8. The quantitative estimate of drug-likeness (QED) is 0.737. The first kappa shape index (κ1) is 16.4. The number of hydrogen-bond acceptors (Lipinski definition) is 5. The van der Waals surface area contributed by atoms with Crippen molar-refractivity contribution in [1.29, 1.82) is 0 Å². The predicted octanol–water partition coefficient (Wildman–Crippen LogP) is 3.31. The van der Waals surface area contributed by atoms with Gasteiger partial charge in [-0.05, 0) is 49.4 Å². The molecule has 0 bridgehead atoms. The molecule has 2 aromatic carbocycles. The molecule has 3 N–H and O–H groups in total. The van der Waals surface area contributed by atoms with E-state index in [0.717, 1.165) is 30.8 Å². The normalized spacial score (nSPS) is 16.5. The van der Waals surface area contributed by atoms with Gasteiger partial charge >= 0.3 is 0 Å². The second-order valence-electron chi connectivity index (χ2n) is 6.22. The van der Waals surface area contributed by atoms with Gasteiger partial charge in [-0.1, -0.05) is 18.2 Å². The maximum absolute atomic E-state index is 11.8. The van der Waals surface area contributed by atoms with E-state index in [9.17, 15) is 4.79 Å². The maximum Gasteiger partial charge on any atom is 0.271 e. The third-order valence-electron chi connectivity index (χ3n) is 4.38. The van der Waals surface area contributed by atoms with Crippen LogP contribution in [0.2, 0.25) is 0 Å². The molecular formula is C20H19N3O3. The van der Waals surface area contributed by atoms with Crippen LogP contribution in [0.25, 0.3) is 11.3 Å². The molecule has 2 heterocycles. The van der Waals surface area contributed by atoms with E-state index in [1.54, 1.807) is 0 Å². The summed E-state index contributed by atoms with van der Waals surface area (Å²) in [6, 6.07) is 16.9. The van der Waals surface area contributed by atoms with Crippen molar-refractivity contribution in [1.82, 2.24) is 10.3 Å². The lowest BCUT2D eigenvalue weighted by molar-refractivity contribution is 0.0996. The van der Waals surface area contributed by atoms with Gasteiger partial charge in [-0.2, -0.15) is 0 Å². The van der Waals surface area contributed by atoms with Gasteiger partial charge in [0, 0.05) is 18.0 Å². The number of benzene rings is 2. The number of oxazole rings is 1. The monoisotopic (exact) mass is 349 g/mol. The number of carbonyl (C=O) groups is 1. The van der Waals surface area contributed by atoms with Crippen LogP contribution in [0.1, 0.15) is 28.7 Å². The molecule has 1 unspecified atom stereocenters. The second-order valence-corrected chi connectivity index (χ2v) is 6.22. The van der Waals surface area contributed by atoms with Gasteiger partial charge in [0.05, 0.1) is 0 Å². The number of hydrogen-bond donors (Lipinski definition) is 2. The largest absolute Gasteiger partial charge is 0.457 e. The predicted molar refractivity (Wildman–Crippen MR) is 97.2 cm³/mol. The highest BCUT2D eigenvalue weighted by Gasteiger charge is 2.26.